The monoisotopic (exact) mass is 325 g/mol. The summed E-state index contributed by atoms with van der Waals surface area (Å²) in [5.74, 6) is -0.185. The first kappa shape index (κ1) is 16.4. The average molecular weight is 326 g/mol. The zero-order valence-corrected chi connectivity index (χ0v) is 13.1. The maximum absolute atomic E-state index is 11.4. The summed E-state index contributed by atoms with van der Waals surface area (Å²) in [6.07, 6.45) is 0.573. The number of hydrogen-bond acceptors (Lipinski definition) is 5. The molecular weight excluding hydrogens is 310 g/mol. The lowest BCUT2D eigenvalue weighted by atomic mass is 10.3. The van der Waals surface area contributed by atoms with Crippen molar-refractivity contribution in [1.82, 2.24) is 5.32 Å². The number of ether oxygens (including phenoxy) is 1. The smallest absolute Gasteiger partial charge is 0.270 e. The summed E-state index contributed by atoms with van der Waals surface area (Å²) in [5, 5.41) is 2.69. The lowest BCUT2D eigenvalue weighted by molar-refractivity contribution is -0.127. The van der Waals surface area contributed by atoms with E-state index < -0.39 is 9.05 Å². The third kappa shape index (κ3) is 6.38. The Balaban J connectivity index is 2.34. The molecule has 5 nitrogen and oxygen atoms in total. The molecule has 0 spiro atoms. The Morgan fingerprint density at radius 1 is 1.47 bits per heavy atom. The number of amides is 1. The fourth-order valence-corrected chi connectivity index (χ4v) is 3.36. The summed E-state index contributed by atoms with van der Waals surface area (Å²) in [6.45, 7) is 4.17. The van der Waals surface area contributed by atoms with Crippen molar-refractivity contribution < 1.29 is 17.9 Å². The molecule has 0 bridgehead atoms. The van der Waals surface area contributed by atoms with Crippen molar-refractivity contribution in [3.05, 3.63) is 17.0 Å². The molecule has 1 amide bonds. The molecule has 0 aromatic carbocycles. The summed E-state index contributed by atoms with van der Waals surface area (Å²) in [7, 11) is 1.57. The van der Waals surface area contributed by atoms with Gasteiger partial charge in [0.05, 0.1) is 6.10 Å². The predicted molar refractivity (Wildman–Crippen MR) is 75.2 cm³/mol. The number of carbonyl (C=O) groups is 1. The van der Waals surface area contributed by atoms with Crippen LogP contribution < -0.4 is 5.32 Å². The number of carbonyl (C=O) groups excluding carboxylic acids is 1. The van der Waals surface area contributed by atoms with Gasteiger partial charge in [-0.05, 0) is 32.4 Å². The molecule has 0 fully saturated rings. The lowest BCUT2D eigenvalue weighted by Gasteiger charge is -2.07. The third-order valence-electron chi connectivity index (χ3n) is 2.12. The number of rotatable bonds is 7. The molecule has 19 heavy (non-hydrogen) atoms. The van der Waals surface area contributed by atoms with Crippen LogP contribution in [0.3, 0.4) is 0 Å². The first-order chi connectivity index (χ1) is 8.79. The molecule has 108 valence electrons. The molecule has 1 N–H and O–H groups in total. The van der Waals surface area contributed by atoms with E-state index in [4.69, 9.17) is 15.4 Å². The molecule has 0 atom stereocenters. The highest BCUT2D eigenvalue weighted by Crippen LogP contribution is 2.24. The van der Waals surface area contributed by atoms with Crippen LogP contribution in [-0.4, -0.2) is 33.6 Å². The second-order valence-electron chi connectivity index (χ2n) is 4.12. The molecule has 1 aromatic rings. The van der Waals surface area contributed by atoms with E-state index in [1.54, 1.807) is 6.07 Å². The topological polar surface area (TPSA) is 72.5 Å². The molecule has 1 heterocycles. The Hall–Kier alpha value is -0.630. The maximum Gasteiger partial charge on any atom is 0.270 e. The van der Waals surface area contributed by atoms with E-state index in [1.165, 1.54) is 6.07 Å². The van der Waals surface area contributed by atoms with Crippen LogP contribution in [0.2, 0.25) is 0 Å². The molecule has 0 aliphatic rings. The van der Waals surface area contributed by atoms with Gasteiger partial charge in [-0.2, -0.15) is 0 Å². The molecule has 1 rings (SSSR count). The van der Waals surface area contributed by atoms with Crippen LogP contribution in [0.15, 0.2) is 16.3 Å². The average Bonchev–Trinajstić information content (AvgIpc) is 2.74. The highest BCUT2D eigenvalue weighted by Gasteiger charge is 2.13. The fraction of sp³-hybridized carbons (Fsp3) is 0.545. The van der Waals surface area contributed by atoms with E-state index in [0.717, 1.165) is 16.2 Å². The molecular formula is C11H16ClNO4S2. The van der Waals surface area contributed by atoms with Gasteiger partial charge in [0, 0.05) is 22.1 Å². The van der Waals surface area contributed by atoms with Gasteiger partial charge in [0.25, 0.3) is 9.05 Å². The fourth-order valence-electron chi connectivity index (χ4n) is 1.24. The summed E-state index contributed by atoms with van der Waals surface area (Å²) in [4.78, 5) is 12.2. The Labute approximate surface area is 121 Å². The van der Waals surface area contributed by atoms with Crippen molar-refractivity contribution in [3.63, 3.8) is 0 Å². The summed E-state index contributed by atoms with van der Waals surface area (Å²) in [5.41, 5.74) is 0. The van der Waals surface area contributed by atoms with Crippen molar-refractivity contribution in [1.29, 1.82) is 0 Å². The molecule has 0 radical (unpaired) electrons. The Morgan fingerprint density at radius 2 is 2.16 bits per heavy atom. The van der Waals surface area contributed by atoms with Gasteiger partial charge in [-0.15, -0.1) is 11.3 Å². The SMILES string of the molecule is CC(C)OCC(=O)NCCc1ccc(S(=O)(=O)Cl)s1. The minimum Gasteiger partial charge on any atom is -0.369 e. The summed E-state index contributed by atoms with van der Waals surface area (Å²) < 4.78 is 27.4. The quantitative estimate of drug-likeness (QED) is 0.775. The van der Waals surface area contributed by atoms with E-state index in [1.807, 2.05) is 13.8 Å². The Bertz CT molecular complexity index is 525. The van der Waals surface area contributed by atoms with Crippen molar-refractivity contribution in [3.8, 4) is 0 Å². The van der Waals surface area contributed by atoms with Crippen molar-refractivity contribution in [2.75, 3.05) is 13.2 Å². The van der Waals surface area contributed by atoms with Crippen LogP contribution in [0.4, 0.5) is 0 Å². The zero-order chi connectivity index (χ0) is 14.5. The van der Waals surface area contributed by atoms with E-state index in [9.17, 15) is 13.2 Å². The van der Waals surface area contributed by atoms with Crippen molar-refractivity contribution in [2.45, 2.75) is 30.6 Å². The van der Waals surface area contributed by atoms with Crippen molar-refractivity contribution in [2.24, 2.45) is 0 Å². The van der Waals surface area contributed by atoms with E-state index >= 15 is 0 Å². The lowest BCUT2D eigenvalue weighted by Crippen LogP contribution is -2.30. The van der Waals surface area contributed by atoms with Crippen molar-refractivity contribution >= 4 is 37.0 Å². The maximum atomic E-state index is 11.4. The summed E-state index contributed by atoms with van der Waals surface area (Å²) >= 11 is 1.11. The van der Waals surface area contributed by atoms with Gasteiger partial charge in [-0.3, -0.25) is 4.79 Å². The van der Waals surface area contributed by atoms with Gasteiger partial charge in [0.2, 0.25) is 5.91 Å². The third-order valence-corrected chi connectivity index (χ3v) is 5.36. The summed E-state index contributed by atoms with van der Waals surface area (Å²) in [6, 6.07) is 3.16. The standard InChI is InChI=1S/C11H16ClNO4S2/c1-8(2)17-7-10(14)13-6-5-9-3-4-11(18-9)19(12,15)16/h3-4,8H,5-7H2,1-2H3,(H,13,14). The van der Waals surface area contributed by atoms with Crippen LogP contribution in [0, 0.1) is 0 Å². The second kappa shape index (κ2) is 7.23. The van der Waals surface area contributed by atoms with Crippen LogP contribution >= 0.6 is 22.0 Å². The zero-order valence-electron chi connectivity index (χ0n) is 10.7. The minimum atomic E-state index is -3.66. The molecule has 0 saturated carbocycles. The number of thiophene rings is 1. The van der Waals surface area contributed by atoms with Crippen LogP contribution in [0.1, 0.15) is 18.7 Å². The normalized spacial score (nSPS) is 11.8. The van der Waals surface area contributed by atoms with Crippen LogP contribution in [0.25, 0.3) is 0 Å². The minimum absolute atomic E-state index is 0.0135. The molecule has 0 unspecified atom stereocenters. The number of nitrogens with one attached hydrogen (secondary N) is 1. The molecule has 0 aliphatic carbocycles. The number of hydrogen-bond donors (Lipinski definition) is 1. The van der Waals surface area contributed by atoms with Gasteiger partial charge in [-0.1, -0.05) is 0 Å². The van der Waals surface area contributed by atoms with Gasteiger partial charge >= 0.3 is 0 Å². The predicted octanol–water partition coefficient (Wildman–Crippen LogP) is 1.76. The Kier molecular flexibility index (Phi) is 6.25. The number of halogens is 1. The second-order valence-corrected chi connectivity index (χ2v) is 8.08. The highest BCUT2D eigenvalue weighted by molar-refractivity contribution is 8.15. The first-order valence-corrected chi connectivity index (χ1v) is 8.83. The van der Waals surface area contributed by atoms with Crippen LogP contribution in [-0.2, 0) is 25.0 Å². The molecule has 0 saturated heterocycles. The van der Waals surface area contributed by atoms with Crippen LogP contribution in [0.5, 0.6) is 0 Å². The molecule has 1 aromatic heterocycles. The van der Waals surface area contributed by atoms with Gasteiger partial charge in [-0.25, -0.2) is 8.42 Å². The Morgan fingerprint density at radius 3 is 2.68 bits per heavy atom. The van der Waals surface area contributed by atoms with Gasteiger partial charge in [0.15, 0.2) is 0 Å². The highest BCUT2D eigenvalue weighted by atomic mass is 35.7. The molecule has 0 aliphatic heterocycles. The van der Waals surface area contributed by atoms with Gasteiger partial charge < -0.3 is 10.1 Å². The first-order valence-electron chi connectivity index (χ1n) is 5.70. The van der Waals surface area contributed by atoms with Gasteiger partial charge in [0.1, 0.15) is 10.8 Å². The largest absolute Gasteiger partial charge is 0.369 e. The van der Waals surface area contributed by atoms with E-state index in [0.29, 0.717) is 13.0 Å². The van der Waals surface area contributed by atoms with E-state index in [-0.39, 0.29) is 22.8 Å². The molecule has 8 heteroatoms. The van der Waals surface area contributed by atoms with E-state index in [2.05, 4.69) is 5.32 Å².